The number of carbonyl (C=O) groups excluding carboxylic acids is 1. The molecule has 1 N–H and O–H groups in total. The zero-order valence-corrected chi connectivity index (χ0v) is 17.4. The molecule has 1 aromatic heterocycles. The van der Waals surface area contributed by atoms with Crippen molar-refractivity contribution in [1.82, 2.24) is 9.29 Å². The van der Waals surface area contributed by atoms with Gasteiger partial charge >= 0.3 is 0 Å². The molecule has 1 aliphatic rings. The Morgan fingerprint density at radius 3 is 2.39 bits per heavy atom. The molecule has 0 unspecified atom stereocenters. The van der Waals surface area contributed by atoms with Gasteiger partial charge in [-0.2, -0.15) is 4.31 Å². The quantitative estimate of drug-likeness (QED) is 0.722. The number of rotatable bonds is 6. The lowest BCUT2D eigenvalue weighted by Gasteiger charge is -2.30. The highest BCUT2D eigenvalue weighted by Gasteiger charge is 2.32. The number of pyridine rings is 1. The SMILES string of the molecule is COc1ccc(S(=O)(=O)N2CCC(C(=O)Nc3ccc(SC)nc3)CC2)cc1. The number of methoxy groups -OCH3 is 1. The molecule has 0 radical (unpaired) electrons. The van der Waals surface area contributed by atoms with E-state index in [4.69, 9.17) is 4.74 Å². The van der Waals surface area contributed by atoms with Crippen LogP contribution in [0.4, 0.5) is 5.69 Å². The lowest BCUT2D eigenvalue weighted by molar-refractivity contribution is -0.120. The van der Waals surface area contributed by atoms with Gasteiger partial charge in [-0.25, -0.2) is 13.4 Å². The predicted octanol–water partition coefficient (Wildman–Crippen LogP) is 2.85. The van der Waals surface area contributed by atoms with Crippen LogP contribution in [0.15, 0.2) is 52.5 Å². The van der Waals surface area contributed by atoms with E-state index in [1.54, 1.807) is 18.3 Å². The highest BCUT2D eigenvalue weighted by atomic mass is 32.2. The number of thioether (sulfide) groups is 1. The van der Waals surface area contributed by atoms with Gasteiger partial charge in [-0.1, -0.05) is 0 Å². The van der Waals surface area contributed by atoms with Crippen LogP contribution < -0.4 is 10.1 Å². The van der Waals surface area contributed by atoms with Gasteiger partial charge in [0.1, 0.15) is 5.75 Å². The van der Waals surface area contributed by atoms with E-state index in [0.717, 1.165) is 5.03 Å². The van der Waals surface area contributed by atoms with Crippen molar-refractivity contribution >= 4 is 33.4 Å². The molecule has 150 valence electrons. The molecule has 1 aromatic carbocycles. The largest absolute Gasteiger partial charge is 0.497 e. The molecule has 9 heteroatoms. The Balaban J connectivity index is 1.58. The fourth-order valence-electron chi connectivity index (χ4n) is 3.07. The van der Waals surface area contributed by atoms with Crippen molar-refractivity contribution in [1.29, 1.82) is 0 Å². The van der Waals surface area contributed by atoms with Crippen LogP contribution in [0.5, 0.6) is 5.75 Å². The van der Waals surface area contributed by atoms with Crippen LogP contribution in [0.25, 0.3) is 0 Å². The average molecular weight is 422 g/mol. The zero-order valence-electron chi connectivity index (χ0n) is 15.8. The van der Waals surface area contributed by atoms with Gasteiger partial charge in [0.2, 0.25) is 15.9 Å². The fourth-order valence-corrected chi connectivity index (χ4v) is 4.91. The molecule has 1 saturated heterocycles. The van der Waals surface area contributed by atoms with Crippen LogP contribution in [0, 0.1) is 5.92 Å². The average Bonchev–Trinajstić information content (AvgIpc) is 2.74. The maximum absolute atomic E-state index is 12.8. The van der Waals surface area contributed by atoms with E-state index in [2.05, 4.69) is 10.3 Å². The second-order valence-electron chi connectivity index (χ2n) is 6.43. The van der Waals surface area contributed by atoms with E-state index in [1.165, 1.54) is 35.3 Å². The van der Waals surface area contributed by atoms with E-state index in [-0.39, 0.29) is 16.7 Å². The number of hydrogen-bond donors (Lipinski definition) is 1. The summed E-state index contributed by atoms with van der Waals surface area (Å²) in [4.78, 5) is 17.0. The Kier molecular flexibility index (Phi) is 6.58. The Bertz CT molecular complexity index is 907. The van der Waals surface area contributed by atoms with E-state index in [0.29, 0.717) is 37.4 Å². The number of amides is 1. The van der Waals surface area contributed by atoms with E-state index in [9.17, 15) is 13.2 Å². The minimum Gasteiger partial charge on any atom is -0.497 e. The first-order valence-electron chi connectivity index (χ1n) is 8.89. The van der Waals surface area contributed by atoms with Crippen molar-refractivity contribution in [2.45, 2.75) is 22.8 Å². The molecule has 0 bridgehead atoms. The number of piperidine rings is 1. The number of nitrogens with zero attached hydrogens (tertiary/aromatic N) is 2. The number of nitrogens with one attached hydrogen (secondary N) is 1. The third-order valence-electron chi connectivity index (χ3n) is 4.73. The fraction of sp³-hybridized carbons (Fsp3) is 0.368. The van der Waals surface area contributed by atoms with Gasteiger partial charge in [0.25, 0.3) is 0 Å². The molecule has 0 spiro atoms. The smallest absolute Gasteiger partial charge is 0.243 e. The van der Waals surface area contributed by atoms with Crippen molar-refractivity contribution < 1.29 is 17.9 Å². The monoisotopic (exact) mass is 421 g/mol. The van der Waals surface area contributed by atoms with Crippen LogP contribution in [0.1, 0.15) is 12.8 Å². The van der Waals surface area contributed by atoms with Crippen LogP contribution >= 0.6 is 11.8 Å². The third-order valence-corrected chi connectivity index (χ3v) is 7.31. The first-order valence-corrected chi connectivity index (χ1v) is 11.6. The van der Waals surface area contributed by atoms with Crippen LogP contribution in [-0.4, -0.2) is 50.1 Å². The second-order valence-corrected chi connectivity index (χ2v) is 9.20. The Labute approximate surface area is 169 Å². The summed E-state index contributed by atoms with van der Waals surface area (Å²) in [6, 6.07) is 10.0. The van der Waals surface area contributed by atoms with Crippen LogP contribution in [0.2, 0.25) is 0 Å². The molecule has 2 aromatic rings. The molecule has 7 nitrogen and oxygen atoms in total. The molecule has 0 saturated carbocycles. The van der Waals surface area contributed by atoms with E-state index < -0.39 is 10.0 Å². The first-order chi connectivity index (χ1) is 13.4. The zero-order chi connectivity index (χ0) is 20.1. The highest BCUT2D eigenvalue weighted by Crippen LogP contribution is 2.26. The molecule has 0 aliphatic carbocycles. The summed E-state index contributed by atoms with van der Waals surface area (Å²) in [5, 5.41) is 3.75. The molecule has 28 heavy (non-hydrogen) atoms. The number of aromatic nitrogens is 1. The molecule has 1 aliphatic heterocycles. The Morgan fingerprint density at radius 1 is 1.18 bits per heavy atom. The summed E-state index contributed by atoms with van der Waals surface area (Å²) >= 11 is 1.53. The lowest BCUT2D eigenvalue weighted by Crippen LogP contribution is -2.41. The molecular formula is C19H23N3O4S2. The molecule has 2 heterocycles. The van der Waals surface area contributed by atoms with Crippen LogP contribution in [-0.2, 0) is 14.8 Å². The summed E-state index contributed by atoms with van der Waals surface area (Å²) < 4.78 is 32.1. The van der Waals surface area contributed by atoms with Gasteiger partial charge in [-0.05, 0) is 55.5 Å². The summed E-state index contributed by atoms with van der Waals surface area (Å²) in [5.74, 6) is 0.289. The minimum absolute atomic E-state index is 0.0970. The summed E-state index contributed by atoms with van der Waals surface area (Å²) in [7, 11) is -2.03. The Hall–Kier alpha value is -2.10. The molecule has 3 rings (SSSR count). The van der Waals surface area contributed by atoms with Gasteiger partial charge in [0.15, 0.2) is 0 Å². The van der Waals surface area contributed by atoms with Crippen molar-refractivity contribution in [2.75, 3.05) is 31.8 Å². The number of hydrogen-bond acceptors (Lipinski definition) is 6. The molecule has 0 atom stereocenters. The third kappa shape index (κ3) is 4.65. The standard InChI is InChI=1S/C19H23N3O4S2/c1-26-16-4-6-17(7-5-16)28(24,25)22-11-9-14(10-12-22)19(23)21-15-3-8-18(27-2)20-13-15/h3-8,13-14H,9-12H2,1-2H3,(H,21,23). The number of ether oxygens (including phenoxy) is 1. The van der Waals surface area contributed by atoms with Gasteiger partial charge in [0.05, 0.1) is 28.9 Å². The first kappa shape index (κ1) is 20.6. The number of sulfonamides is 1. The van der Waals surface area contributed by atoms with E-state index >= 15 is 0 Å². The predicted molar refractivity (Wildman–Crippen MR) is 109 cm³/mol. The summed E-state index contributed by atoms with van der Waals surface area (Å²) in [6.45, 7) is 0.631. The molecule has 1 fully saturated rings. The number of carbonyl (C=O) groups is 1. The van der Waals surface area contributed by atoms with Gasteiger partial charge in [-0.3, -0.25) is 4.79 Å². The second kappa shape index (κ2) is 8.93. The highest BCUT2D eigenvalue weighted by molar-refractivity contribution is 7.98. The van der Waals surface area contributed by atoms with E-state index in [1.807, 2.05) is 18.4 Å². The number of benzene rings is 1. The summed E-state index contributed by atoms with van der Waals surface area (Å²) in [6.07, 6.45) is 4.54. The maximum Gasteiger partial charge on any atom is 0.243 e. The van der Waals surface area contributed by atoms with Crippen molar-refractivity contribution in [3.63, 3.8) is 0 Å². The lowest BCUT2D eigenvalue weighted by atomic mass is 9.97. The van der Waals surface area contributed by atoms with Gasteiger partial charge in [-0.15, -0.1) is 11.8 Å². The van der Waals surface area contributed by atoms with Crippen molar-refractivity contribution in [3.05, 3.63) is 42.6 Å². The van der Waals surface area contributed by atoms with Crippen LogP contribution in [0.3, 0.4) is 0 Å². The topological polar surface area (TPSA) is 88.6 Å². The molecular weight excluding hydrogens is 398 g/mol. The van der Waals surface area contributed by atoms with Gasteiger partial charge in [0, 0.05) is 19.0 Å². The van der Waals surface area contributed by atoms with Crippen molar-refractivity contribution in [2.24, 2.45) is 5.92 Å². The maximum atomic E-state index is 12.8. The Morgan fingerprint density at radius 2 is 1.86 bits per heavy atom. The van der Waals surface area contributed by atoms with Gasteiger partial charge < -0.3 is 10.1 Å². The van der Waals surface area contributed by atoms with Crippen molar-refractivity contribution in [3.8, 4) is 5.75 Å². The normalized spacial score (nSPS) is 15.9. The number of anilines is 1. The summed E-state index contributed by atoms with van der Waals surface area (Å²) in [5.41, 5.74) is 0.649. The minimum atomic E-state index is -3.57. The molecule has 1 amide bonds.